The number of amides is 1. The number of carbonyl (C=O) groups excluding carboxylic acids is 3. The smallest absolute Gasteiger partial charge is 0.361 e. The van der Waals surface area contributed by atoms with Crippen molar-refractivity contribution in [3.05, 3.63) is 41.4 Å². The first-order valence-corrected chi connectivity index (χ1v) is 8.70. The standard InChI is InChI=1S/C19H26N4O3/c1-4-14(24)16(12(2)3)17(20)19(26)22-11-10-15(25)18(23-21)13-8-6-5-7-9-13/h5-9,12,16-17H,4,10-11,20H2,1-3H3,(H,22,26)/t16?,17-/m0/s1. The number of ketones is 2. The molecule has 7 heteroatoms. The van der Waals surface area contributed by atoms with Gasteiger partial charge in [0.2, 0.25) is 11.7 Å². The quantitative estimate of drug-likeness (QED) is 0.372. The van der Waals surface area contributed by atoms with Gasteiger partial charge in [-0.15, -0.1) is 0 Å². The van der Waals surface area contributed by atoms with Gasteiger partial charge in [0, 0.05) is 25.3 Å². The SMILES string of the molecule is CCC(=O)C(C(C)C)[C@H](N)C(=O)NCCC(=O)C(=[N+]=[N-])c1ccccc1. The number of hydrogen-bond acceptors (Lipinski definition) is 4. The van der Waals surface area contributed by atoms with Crippen LogP contribution in [0.5, 0.6) is 0 Å². The van der Waals surface area contributed by atoms with Crippen molar-refractivity contribution in [1.29, 1.82) is 0 Å². The molecule has 1 amide bonds. The molecule has 1 aromatic carbocycles. The van der Waals surface area contributed by atoms with Crippen LogP contribution in [0.15, 0.2) is 30.3 Å². The Balaban J connectivity index is 2.63. The third kappa shape index (κ3) is 5.72. The molecule has 1 aromatic rings. The van der Waals surface area contributed by atoms with Gasteiger partial charge in [0.15, 0.2) is 0 Å². The second-order valence-corrected chi connectivity index (χ2v) is 6.39. The van der Waals surface area contributed by atoms with E-state index in [-0.39, 0.29) is 30.4 Å². The van der Waals surface area contributed by atoms with Gasteiger partial charge in [0.1, 0.15) is 5.78 Å². The Hall–Kier alpha value is -2.63. The first-order valence-electron chi connectivity index (χ1n) is 8.70. The highest BCUT2D eigenvalue weighted by atomic mass is 16.2. The van der Waals surface area contributed by atoms with Crippen LogP contribution in [0.2, 0.25) is 0 Å². The van der Waals surface area contributed by atoms with Crippen molar-refractivity contribution in [2.24, 2.45) is 17.6 Å². The first-order chi connectivity index (χ1) is 12.3. The molecule has 140 valence electrons. The molecule has 0 aliphatic rings. The molecule has 26 heavy (non-hydrogen) atoms. The van der Waals surface area contributed by atoms with Crippen LogP contribution in [0.4, 0.5) is 0 Å². The minimum Gasteiger partial charge on any atom is -0.361 e. The minimum atomic E-state index is -0.961. The molecule has 0 fully saturated rings. The first kappa shape index (κ1) is 21.4. The van der Waals surface area contributed by atoms with Gasteiger partial charge < -0.3 is 16.6 Å². The Bertz CT molecular complexity index is 694. The maximum Gasteiger partial charge on any atom is 0.364 e. The molecule has 0 aliphatic carbocycles. The van der Waals surface area contributed by atoms with E-state index in [1.807, 2.05) is 13.8 Å². The lowest BCUT2D eigenvalue weighted by Crippen LogP contribution is -2.50. The highest BCUT2D eigenvalue weighted by Gasteiger charge is 2.32. The number of nitrogens with one attached hydrogen (secondary N) is 1. The van der Waals surface area contributed by atoms with Crippen molar-refractivity contribution in [3.8, 4) is 0 Å². The van der Waals surface area contributed by atoms with E-state index in [1.54, 1.807) is 37.3 Å². The van der Waals surface area contributed by atoms with Gasteiger partial charge in [-0.1, -0.05) is 39.0 Å². The van der Waals surface area contributed by atoms with Crippen molar-refractivity contribution < 1.29 is 19.2 Å². The summed E-state index contributed by atoms with van der Waals surface area (Å²) in [6.45, 7) is 5.47. The van der Waals surface area contributed by atoms with Crippen LogP contribution in [-0.4, -0.2) is 40.6 Å². The number of hydrogen-bond donors (Lipinski definition) is 2. The van der Waals surface area contributed by atoms with Crippen LogP contribution in [0, 0.1) is 11.8 Å². The summed E-state index contributed by atoms with van der Waals surface area (Å²) in [5.74, 6) is -1.55. The van der Waals surface area contributed by atoms with Crippen molar-refractivity contribution in [3.63, 3.8) is 0 Å². The fourth-order valence-corrected chi connectivity index (χ4v) is 2.79. The second-order valence-electron chi connectivity index (χ2n) is 6.39. The maximum absolute atomic E-state index is 12.2. The Morgan fingerprint density at radius 3 is 2.31 bits per heavy atom. The second kappa shape index (κ2) is 10.4. The molecule has 3 N–H and O–H groups in total. The molecule has 0 radical (unpaired) electrons. The molecule has 0 aromatic heterocycles. The highest BCUT2D eigenvalue weighted by molar-refractivity contribution is 6.43. The van der Waals surface area contributed by atoms with Crippen LogP contribution in [0.3, 0.4) is 0 Å². The third-order valence-corrected chi connectivity index (χ3v) is 4.19. The average Bonchev–Trinajstić information content (AvgIpc) is 2.62. The topological polar surface area (TPSA) is 126 Å². The zero-order valence-corrected chi connectivity index (χ0v) is 15.4. The summed E-state index contributed by atoms with van der Waals surface area (Å²) in [4.78, 5) is 39.5. The summed E-state index contributed by atoms with van der Waals surface area (Å²) in [5, 5.41) is 2.58. The molecule has 0 saturated heterocycles. The molecular weight excluding hydrogens is 332 g/mol. The lowest BCUT2D eigenvalue weighted by atomic mass is 9.84. The van der Waals surface area contributed by atoms with E-state index in [9.17, 15) is 14.4 Å². The molecular formula is C19H26N4O3. The predicted octanol–water partition coefficient (Wildman–Crippen LogP) is 1.36. The van der Waals surface area contributed by atoms with Gasteiger partial charge in [-0.25, -0.2) is 0 Å². The number of nitrogens with zero attached hydrogens (tertiary/aromatic N) is 2. The zero-order valence-electron chi connectivity index (χ0n) is 15.4. The monoisotopic (exact) mass is 358 g/mol. The molecule has 0 spiro atoms. The molecule has 0 aliphatic heterocycles. The van der Waals surface area contributed by atoms with Crippen LogP contribution >= 0.6 is 0 Å². The molecule has 2 atom stereocenters. The van der Waals surface area contributed by atoms with Crippen LogP contribution < -0.4 is 11.1 Å². The van der Waals surface area contributed by atoms with Crippen molar-refractivity contribution in [1.82, 2.24) is 5.32 Å². The fraction of sp³-hybridized carbons (Fsp3) is 0.474. The summed E-state index contributed by atoms with van der Waals surface area (Å²) < 4.78 is 0. The highest BCUT2D eigenvalue weighted by Crippen LogP contribution is 2.17. The Labute approximate surface area is 153 Å². The van der Waals surface area contributed by atoms with Gasteiger partial charge in [-0.3, -0.25) is 14.4 Å². The largest absolute Gasteiger partial charge is 0.364 e. The summed E-state index contributed by atoms with van der Waals surface area (Å²) >= 11 is 0. The summed E-state index contributed by atoms with van der Waals surface area (Å²) in [6, 6.07) is 7.60. The van der Waals surface area contributed by atoms with E-state index in [0.717, 1.165) is 0 Å². The number of Topliss-reactive ketones (excluding diaryl/α,β-unsaturated/α-hetero) is 2. The third-order valence-electron chi connectivity index (χ3n) is 4.19. The van der Waals surface area contributed by atoms with Crippen LogP contribution in [0.1, 0.15) is 39.2 Å². The lowest BCUT2D eigenvalue weighted by molar-refractivity contribution is -0.131. The number of benzene rings is 1. The molecule has 0 heterocycles. The molecule has 0 bridgehead atoms. The van der Waals surface area contributed by atoms with E-state index in [1.165, 1.54) is 0 Å². The summed E-state index contributed by atoms with van der Waals surface area (Å²) in [7, 11) is 0. The van der Waals surface area contributed by atoms with E-state index < -0.39 is 23.7 Å². The number of carbonyl (C=O) groups is 3. The van der Waals surface area contributed by atoms with Gasteiger partial charge in [0.25, 0.3) is 0 Å². The number of rotatable bonds is 10. The van der Waals surface area contributed by atoms with Crippen molar-refractivity contribution >= 4 is 23.2 Å². The van der Waals surface area contributed by atoms with Gasteiger partial charge in [0.05, 0.1) is 11.6 Å². The van der Waals surface area contributed by atoms with Crippen LogP contribution in [-0.2, 0) is 14.4 Å². The molecule has 0 saturated carbocycles. The van der Waals surface area contributed by atoms with Gasteiger partial charge in [-0.2, -0.15) is 4.79 Å². The Morgan fingerprint density at radius 2 is 1.81 bits per heavy atom. The van der Waals surface area contributed by atoms with Gasteiger partial charge in [-0.05, 0) is 18.1 Å². The average molecular weight is 358 g/mol. The van der Waals surface area contributed by atoms with Crippen LogP contribution in [0.25, 0.3) is 5.53 Å². The fourth-order valence-electron chi connectivity index (χ4n) is 2.79. The Morgan fingerprint density at radius 1 is 1.19 bits per heavy atom. The lowest BCUT2D eigenvalue weighted by Gasteiger charge is -2.24. The Kier molecular flexibility index (Phi) is 8.55. The maximum atomic E-state index is 12.2. The summed E-state index contributed by atoms with van der Waals surface area (Å²) in [6.07, 6.45) is 0.274. The number of nitrogens with two attached hydrogens (primary N) is 1. The van der Waals surface area contributed by atoms with Crippen molar-refractivity contribution in [2.45, 2.75) is 39.7 Å². The zero-order chi connectivity index (χ0) is 19.7. The summed E-state index contributed by atoms with van der Waals surface area (Å²) in [5.41, 5.74) is 15.5. The molecule has 7 nitrogen and oxygen atoms in total. The molecule has 1 rings (SSSR count). The van der Waals surface area contributed by atoms with E-state index in [4.69, 9.17) is 11.3 Å². The van der Waals surface area contributed by atoms with E-state index in [2.05, 4.69) is 10.1 Å². The van der Waals surface area contributed by atoms with E-state index in [0.29, 0.717) is 12.0 Å². The normalized spacial score (nSPS) is 12.8. The molecule has 1 unspecified atom stereocenters. The van der Waals surface area contributed by atoms with E-state index >= 15 is 0 Å². The van der Waals surface area contributed by atoms with Crippen molar-refractivity contribution in [2.75, 3.05) is 6.54 Å². The van der Waals surface area contributed by atoms with Gasteiger partial charge >= 0.3 is 5.71 Å². The minimum absolute atomic E-state index is 0.0409. The predicted molar refractivity (Wildman–Crippen MR) is 98.4 cm³/mol.